The second-order valence-corrected chi connectivity index (χ2v) is 5.12. The molecule has 0 aromatic rings. The van der Waals surface area contributed by atoms with E-state index in [0.29, 0.717) is 12.5 Å². The van der Waals surface area contributed by atoms with Crippen LogP contribution in [0.5, 0.6) is 0 Å². The summed E-state index contributed by atoms with van der Waals surface area (Å²) < 4.78 is 37.2. The van der Waals surface area contributed by atoms with Gasteiger partial charge in [-0.3, -0.25) is 4.79 Å². The number of carboxylic acid groups (broad SMARTS) is 1. The quantitative estimate of drug-likeness (QED) is 0.768. The van der Waals surface area contributed by atoms with E-state index in [4.69, 9.17) is 14.6 Å². The van der Waals surface area contributed by atoms with Gasteiger partial charge in [-0.1, -0.05) is 0 Å². The van der Waals surface area contributed by atoms with E-state index in [2.05, 4.69) is 5.32 Å². The molecule has 0 bridgehead atoms. The van der Waals surface area contributed by atoms with Crippen molar-refractivity contribution >= 4 is 11.9 Å². The Bertz CT molecular complexity index is 390. The summed E-state index contributed by atoms with van der Waals surface area (Å²) in [6.07, 6.45) is -5.08. The number of hydrogen-bond acceptors (Lipinski definition) is 4. The van der Waals surface area contributed by atoms with E-state index in [1.807, 2.05) is 14.0 Å². The van der Waals surface area contributed by atoms with Crippen LogP contribution in [0.25, 0.3) is 0 Å². The first kappa shape index (κ1) is 17.7. The van der Waals surface area contributed by atoms with Crippen molar-refractivity contribution in [2.45, 2.75) is 13.1 Å². The Morgan fingerprint density at radius 2 is 2.05 bits per heavy atom. The highest BCUT2D eigenvalue weighted by Crippen LogP contribution is 2.38. The van der Waals surface area contributed by atoms with Gasteiger partial charge in [0.1, 0.15) is 0 Å². The molecule has 2 aliphatic heterocycles. The van der Waals surface area contributed by atoms with Crippen molar-refractivity contribution in [1.29, 1.82) is 0 Å². The maximum Gasteiger partial charge on any atom is 0.490 e. The van der Waals surface area contributed by atoms with Crippen LogP contribution >= 0.6 is 0 Å². The minimum absolute atomic E-state index is 0.243. The Kier molecular flexibility index (Phi) is 5.57. The maximum absolute atomic E-state index is 12.2. The van der Waals surface area contributed by atoms with Crippen molar-refractivity contribution in [2.24, 2.45) is 11.3 Å². The number of hydrogen-bond donors (Lipinski definition) is 2. The van der Waals surface area contributed by atoms with Gasteiger partial charge in [-0.15, -0.1) is 0 Å². The number of nitrogens with zero attached hydrogens (tertiary/aromatic N) is 1. The zero-order valence-corrected chi connectivity index (χ0v) is 11.9. The highest BCUT2D eigenvalue weighted by Gasteiger charge is 2.53. The van der Waals surface area contributed by atoms with E-state index < -0.39 is 12.1 Å². The van der Waals surface area contributed by atoms with Crippen LogP contribution in [0.4, 0.5) is 13.2 Å². The lowest BCUT2D eigenvalue weighted by molar-refractivity contribution is -0.192. The van der Waals surface area contributed by atoms with Crippen LogP contribution in [-0.4, -0.2) is 68.0 Å². The van der Waals surface area contributed by atoms with Crippen LogP contribution in [0.1, 0.15) is 6.92 Å². The van der Waals surface area contributed by atoms with Gasteiger partial charge in [0.2, 0.25) is 5.91 Å². The van der Waals surface area contributed by atoms with Gasteiger partial charge < -0.3 is 20.1 Å². The number of fused-ring (bicyclic) bond motifs is 1. The highest BCUT2D eigenvalue weighted by molar-refractivity contribution is 5.84. The zero-order valence-electron chi connectivity index (χ0n) is 11.9. The molecular formula is C12H19F3N2O4. The summed E-state index contributed by atoms with van der Waals surface area (Å²) in [4.78, 5) is 22.9. The average molecular weight is 312 g/mol. The Morgan fingerprint density at radius 3 is 2.52 bits per heavy atom. The average Bonchev–Trinajstić information content (AvgIpc) is 2.96. The molecule has 0 spiro atoms. The first-order chi connectivity index (χ1) is 9.65. The third-order valence-electron chi connectivity index (χ3n) is 3.78. The lowest BCUT2D eigenvalue weighted by Crippen LogP contribution is -2.47. The number of aliphatic carboxylic acids is 1. The monoisotopic (exact) mass is 312 g/mol. The number of alkyl halides is 3. The minimum atomic E-state index is -5.08. The normalized spacial score (nSPS) is 27.6. The first-order valence-electron chi connectivity index (χ1n) is 6.49. The summed E-state index contributed by atoms with van der Waals surface area (Å²) in [5.74, 6) is -2.14. The predicted octanol–water partition coefficient (Wildman–Crippen LogP) is 0.334. The third kappa shape index (κ3) is 3.85. The summed E-state index contributed by atoms with van der Waals surface area (Å²) in [5.41, 5.74) is -0.259. The van der Waals surface area contributed by atoms with Gasteiger partial charge in [0.25, 0.3) is 0 Å². The highest BCUT2D eigenvalue weighted by atomic mass is 19.4. The molecule has 0 radical (unpaired) electrons. The molecule has 21 heavy (non-hydrogen) atoms. The molecule has 1 amide bonds. The first-order valence-corrected chi connectivity index (χ1v) is 6.49. The van der Waals surface area contributed by atoms with Gasteiger partial charge in [-0.05, 0) is 6.92 Å². The van der Waals surface area contributed by atoms with E-state index in [1.54, 1.807) is 4.90 Å². The number of carbonyl (C=O) groups is 2. The lowest BCUT2D eigenvalue weighted by Gasteiger charge is -2.29. The largest absolute Gasteiger partial charge is 0.490 e. The molecule has 0 aliphatic carbocycles. The van der Waals surface area contributed by atoms with Crippen molar-refractivity contribution in [3.05, 3.63) is 0 Å². The van der Waals surface area contributed by atoms with E-state index in [0.717, 1.165) is 26.2 Å². The van der Waals surface area contributed by atoms with Crippen molar-refractivity contribution in [2.75, 3.05) is 39.9 Å². The zero-order chi connectivity index (χ0) is 16.3. The Morgan fingerprint density at radius 1 is 1.48 bits per heavy atom. The smallest absolute Gasteiger partial charge is 0.475 e. The van der Waals surface area contributed by atoms with E-state index >= 15 is 0 Å². The molecule has 2 atom stereocenters. The molecule has 2 rings (SSSR count). The number of halogens is 3. The van der Waals surface area contributed by atoms with E-state index in [1.165, 1.54) is 0 Å². The fourth-order valence-electron chi connectivity index (χ4n) is 2.42. The number of amides is 1. The van der Waals surface area contributed by atoms with Gasteiger partial charge in [0.05, 0.1) is 18.6 Å². The van der Waals surface area contributed by atoms with Gasteiger partial charge in [0.15, 0.2) is 0 Å². The topological polar surface area (TPSA) is 78.9 Å². The summed E-state index contributed by atoms with van der Waals surface area (Å²) in [5, 5.41) is 10.4. The molecule has 2 fully saturated rings. The predicted molar refractivity (Wildman–Crippen MR) is 66.6 cm³/mol. The molecule has 2 aliphatic rings. The van der Waals surface area contributed by atoms with Crippen molar-refractivity contribution in [3.63, 3.8) is 0 Å². The molecule has 2 heterocycles. The number of rotatable bonds is 2. The fourth-order valence-corrected chi connectivity index (χ4v) is 2.42. The molecule has 122 valence electrons. The van der Waals surface area contributed by atoms with E-state index in [-0.39, 0.29) is 11.3 Å². The third-order valence-corrected chi connectivity index (χ3v) is 3.78. The maximum atomic E-state index is 12.2. The van der Waals surface area contributed by atoms with Crippen LogP contribution < -0.4 is 5.32 Å². The van der Waals surface area contributed by atoms with Crippen LogP contribution in [0.3, 0.4) is 0 Å². The summed E-state index contributed by atoms with van der Waals surface area (Å²) in [6, 6.07) is 0. The molecule has 2 N–H and O–H groups in total. The SMILES string of the molecule is CCN(C)C(=O)[C@]12CNC[C@H]1COC2.O=C(O)C(F)(F)F. The van der Waals surface area contributed by atoms with Crippen LogP contribution in [0, 0.1) is 11.3 Å². The summed E-state index contributed by atoms with van der Waals surface area (Å²) >= 11 is 0. The number of carbonyl (C=O) groups excluding carboxylic acids is 1. The molecule has 0 unspecified atom stereocenters. The van der Waals surface area contributed by atoms with Crippen molar-refractivity contribution < 1.29 is 32.6 Å². The molecule has 0 saturated carbocycles. The van der Waals surface area contributed by atoms with Gasteiger partial charge in [-0.2, -0.15) is 13.2 Å². The van der Waals surface area contributed by atoms with Gasteiger partial charge in [0, 0.05) is 32.6 Å². The van der Waals surface area contributed by atoms with Gasteiger partial charge in [-0.25, -0.2) is 4.79 Å². The summed E-state index contributed by atoms with van der Waals surface area (Å²) in [6.45, 7) is 5.79. The van der Waals surface area contributed by atoms with Crippen LogP contribution in [-0.2, 0) is 14.3 Å². The lowest BCUT2D eigenvalue weighted by atomic mass is 9.80. The van der Waals surface area contributed by atoms with E-state index in [9.17, 15) is 18.0 Å². The Hall–Kier alpha value is -1.35. The standard InChI is InChI=1S/C10H18N2O2.C2HF3O2/c1-3-12(2)9(13)10-6-11-4-8(10)5-14-7-10;3-2(4,5)1(6)7/h8,11H,3-7H2,1-2H3;(H,6,7)/t8-,10-;/m0./s1. The number of carboxylic acids is 1. The van der Waals surface area contributed by atoms with Crippen molar-refractivity contribution in [1.82, 2.24) is 10.2 Å². The van der Waals surface area contributed by atoms with Gasteiger partial charge >= 0.3 is 12.1 Å². The Labute approximate surface area is 120 Å². The van der Waals surface area contributed by atoms with Crippen LogP contribution in [0.15, 0.2) is 0 Å². The molecule has 0 aromatic heterocycles. The second kappa shape index (κ2) is 6.61. The van der Waals surface area contributed by atoms with Crippen molar-refractivity contribution in [3.8, 4) is 0 Å². The molecule has 6 nitrogen and oxygen atoms in total. The summed E-state index contributed by atoms with van der Waals surface area (Å²) in [7, 11) is 1.87. The number of ether oxygens (including phenoxy) is 1. The fraction of sp³-hybridized carbons (Fsp3) is 0.833. The molecule has 0 aromatic carbocycles. The molecular weight excluding hydrogens is 293 g/mol. The van der Waals surface area contributed by atoms with Crippen LogP contribution in [0.2, 0.25) is 0 Å². The Balaban J connectivity index is 0.000000270. The number of nitrogens with one attached hydrogen (secondary N) is 1. The molecule has 9 heteroatoms. The minimum Gasteiger partial charge on any atom is -0.475 e. The molecule has 2 saturated heterocycles. The second-order valence-electron chi connectivity index (χ2n) is 5.12.